The summed E-state index contributed by atoms with van der Waals surface area (Å²) < 4.78 is 10.5. The Hall–Kier alpha value is -1.98. The molecule has 0 unspecified atom stereocenters. The van der Waals surface area contributed by atoms with Gasteiger partial charge in [0.2, 0.25) is 0 Å². The molecule has 1 aromatic rings. The number of nitrogens with zero attached hydrogens (tertiary/aromatic N) is 2. The first-order chi connectivity index (χ1) is 11.0. The summed E-state index contributed by atoms with van der Waals surface area (Å²) in [4.78, 5) is 31.3. The van der Waals surface area contributed by atoms with Crippen LogP contribution in [0.3, 0.4) is 0 Å². The predicted molar refractivity (Wildman–Crippen MR) is 83.5 cm³/mol. The van der Waals surface area contributed by atoms with Crippen LogP contribution in [-0.4, -0.2) is 34.6 Å². The molecule has 126 valence electrons. The van der Waals surface area contributed by atoms with Crippen molar-refractivity contribution in [2.45, 2.75) is 46.1 Å². The number of hydrogen-bond donors (Lipinski definition) is 0. The minimum atomic E-state index is -0.674. The predicted octanol–water partition coefficient (Wildman–Crippen LogP) is 2.64. The van der Waals surface area contributed by atoms with Crippen molar-refractivity contribution >= 4 is 11.9 Å². The van der Waals surface area contributed by atoms with E-state index in [4.69, 9.17) is 9.47 Å². The molecule has 6 nitrogen and oxygen atoms in total. The number of hydrogen-bond acceptors (Lipinski definition) is 6. The molecule has 0 saturated heterocycles. The maximum atomic E-state index is 12.0. The van der Waals surface area contributed by atoms with E-state index in [-0.39, 0.29) is 11.8 Å². The normalized spacial score (nSPS) is 24.3. The van der Waals surface area contributed by atoms with Crippen LogP contribution in [0.5, 0.6) is 0 Å². The van der Waals surface area contributed by atoms with E-state index in [0.717, 1.165) is 12.8 Å². The van der Waals surface area contributed by atoms with E-state index in [0.29, 0.717) is 17.8 Å². The second-order valence-electron chi connectivity index (χ2n) is 6.52. The second kappa shape index (κ2) is 8.04. The van der Waals surface area contributed by atoms with Gasteiger partial charge in [0.05, 0.1) is 6.20 Å². The lowest BCUT2D eigenvalue weighted by Crippen LogP contribution is -2.36. The highest BCUT2D eigenvalue weighted by Crippen LogP contribution is 2.35. The average molecular weight is 320 g/mol. The third-order valence-electron chi connectivity index (χ3n) is 4.34. The zero-order chi connectivity index (χ0) is 16.8. The van der Waals surface area contributed by atoms with Crippen LogP contribution in [0.2, 0.25) is 0 Å². The van der Waals surface area contributed by atoms with Crippen molar-refractivity contribution in [3.8, 4) is 0 Å². The summed E-state index contributed by atoms with van der Waals surface area (Å²) in [5.74, 6) is 0.192. The molecule has 1 fully saturated rings. The van der Waals surface area contributed by atoms with Gasteiger partial charge in [-0.1, -0.05) is 27.2 Å². The third kappa shape index (κ3) is 5.01. The van der Waals surface area contributed by atoms with E-state index < -0.39 is 18.5 Å². The number of aromatic nitrogens is 2. The van der Waals surface area contributed by atoms with Crippen molar-refractivity contribution < 1.29 is 19.1 Å². The summed E-state index contributed by atoms with van der Waals surface area (Å²) in [7, 11) is 0. The largest absolute Gasteiger partial charge is 0.460 e. The lowest BCUT2D eigenvalue weighted by molar-refractivity contribution is -0.159. The summed E-state index contributed by atoms with van der Waals surface area (Å²) in [5, 5.41) is 0. The molecule has 0 aromatic carbocycles. The number of ether oxygens (including phenoxy) is 2. The van der Waals surface area contributed by atoms with Crippen LogP contribution in [-0.2, 0) is 14.3 Å². The molecule has 1 aliphatic rings. The topological polar surface area (TPSA) is 78.4 Å². The van der Waals surface area contributed by atoms with Crippen molar-refractivity contribution in [2.24, 2.45) is 17.8 Å². The van der Waals surface area contributed by atoms with E-state index in [1.165, 1.54) is 25.0 Å². The summed E-state index contributed by atoms with van der Waals surface area (Å²) >= 11 is 0. The molecular formula is C17H24N2O4. The smallest absolute Gasteiger partial charge is 0.359 e. The Morgan fingerprint density at radius 3 is 2.74 bits per heavy atom. The average Bonchev–Trinajstić information content (AvgIpc) is 2.53. The maximum absolute atomic E-state index is 12.0. The first kappa shape index (κ1) is 17.4. The molecule has 1 saturated carbocycles. The van der Waals surface area contributed by atoms with Gasteiger partial charge in [-0.15, -0.1) is 0 Å². The molecule has 3 atom stereocenters. The van der Waals surface area contributed by atoms with Crippen molar-refractivity contribution in [2.75, 3.05) is 6.61 Å². The van der Waals surface area contributed by atoms with Gasteiger partial charge in [-0.25, -0.2) is 14.6 Å². The molecule has 1 heterocycles. The Bertz CT molecular complexity index is 533. The van der Waals surface area contributed by atoms with Crippen molar-refractivity contribution in [1.29, 1.82) is 0 Å². The van der Waals surface area contributed by atoms with Gasteiger partial charge in [-0.3, -0.25) is 4.98 Å². The molecule has 23 heavy (non-hydrogen) atoms. The lowest BCUT2D eigenvalue weighted by Gasteiger charge is -2.36. The van der Waals surface area contributed by atoms with Gasteiger partial charge in [0.25, 0.3) is 0 Å². The number of carbonyl (C=O) groups excluding carboxylic acids is 2. The Balaban J connectivity index is 1.84. The van der Waals surface area contributed by atoms with Crippen molar-refractivity contribution in [3.05, 3.63) is 24.3 Å². The highest BCUT2D eigenvalue weighted by atomic mass is 16.6. The first-order valence-corrected chi connectivity index (χ1v) is 8.10. The molecule has 1 aromatic heterocycles. The molecule has 0 amide bonds. The van der Waals surface area contributed by atoms with Gasteiger partial charge in [0.15, 0.2) is 12.3 Å². The van der Waals surface area contributed by atoms with Gasteiger partial charge in [-0.05, 0) is 30.6 Å². The number of rotatable bonds is 5. The summed E-state index contributed by atoms with van der Waals surface area (Å²) in [6.45, 7) is 6.07. The molecule has 0 radical (unpaired) electrons. The molecule has 0 N–H and O–H groups in total. The fourth-order valence-electron chi connectivity index (χ4n) is 3.06. The molecule has 0 bridgehead atoms. The zero-order valence-corrected chi connectivity index (χ0v) is 13.9. The molecule has 0 aliphatic heterocycles. The van der Waals surface area contributed by atoms with Gasteiger partial charge < -0.3 is 9.47 Å². The molecule has 2 rings (SSSR count). The monoisotopic (exact) mass is 320 g/mol. The molecular weight excluding hydrogens is 296 g/mol. The summed E-state index contributed by atoms with van der Waals surface area (Å²) in [5.41, 5.74) is 0.0756. The molecule has 1 aliphatic carbocycles. The Labute approximate surface area is 136 Å². The number of carbonyl (C=O) groups is 2. The molecule has 0 spiro atoms. The third-order valence-corrected chi connectivity index (χ3v) is 4.34. The minimum absolute atomic E-state index is 0.0756. The van der Waals surface area contributed by atoms with Gasteiger partial charge in [-0.2, -0.15) is 0 Å². The SMILES string of the molecule is CC(C)[C@@H]1CC[C@@H](C)C[C@H]1OC(=O)COC(=O)c1cnccn1. The van der Waals surface area contributed by atoms with E-state index in [1.807, 2.05) is 0 Å². The molecule has 6 heteroatoms. The second-order valence-corrected chi connectivity index (χ2v) is 6.52. The zero-order valence-electron chi connectivity index (χ0n) is 13.9. The highest BCUT2D eigenvalue weighted by molar-refractivity contribution is 5.88. The standard InChI is InChI=1S/C17H24N2O4/c1-11(2)13-5-4-12(3)8-15(13)23-16(20)10-22-17(21)14-9-18-6-7-19-14/h6-7,9,11-13,15H,4-5,8,10H2,1-3H3/t12-,13+,15-/m1/s1. The first-order valence-electron chi connectivity index (χ1n) is 8.10. The number of esters is 2. The highest BCUT2D eigenvalue weighted by Gasteiger charge is 2.33. The van der Waals surface area contributed by atoms with Gasteiger partial charge in [0, 0.05) is 12.4 Å². The van der Waals surface area contributed by atoms with E-state index >= 15 is 0 Å². The maximum Gasteiger partial charge on any atom is 0.359 e. The van der Waals surface area contributed by atoms with Crippen LogP contribution in [0.25, 0.3) is 0 Å². The Morgan fingerprint density at radius 1 is 1.30 bits per heavy atom. The van der Waals surface area contributed by atoms with Crippen molar-refractivity contribution in [1.82, 2.24) is 9.97 Å². The van der Waals surface area contributed by atoms with Gasteiger partial charge >= 0.3 is 11.9 Å². The van der Waals surface area contributed by atoms with Crippen LogP contribution in [0.4, 0.5) is 0 Å². The van der Waals surface area contributed by atoms with E-state index in [2.05, 4.69) is 30.7 Å². The van der Waals surface area contributed by atoms with Crippen LogP contribution < -0.4 is 0 Å². The summed E-state index contributed by atoms with van der Waals surface area (Å²) in [6, 6.07) is 0. The Morgan fingerprint density at radius 2 is 2.09 bits per heavy atom. The summed E-state index contributed by atoms with van der Waals surface area (Å²) in [6.07, 6.45) is 7.15. The van der Waals surface area contributed by atoms with Crippen molar-refractivity contribution in [3.63, 3.8) is 0 Å². The van der Waals surface area contributed by atoms with E-state index in [1.54, 1.807) is 0 Å². The lowest BCUT2D eigenvalue weighted by atomic mass is 9.75. The van der Waals surface area contributed by atoms with Gasteiger partial charge in [0.1, 0.15) is 6.10 Å². The fraction of sp³-hybridized carbons (Fsp3) is 0.647. The Kier molecular flexibility index (Phi) is 6.07. The fourth-order valence-corrected chi connectivity index (χ4v) is 3.06. The minimum Gasteiger partial charge on any atom is -0.460 e. The van der Waals surface area contributed by atoms with Crippen LogP contribution in [0, 0.1) is 17.8 Å². The van der Waals surface area contributed by atoms with Crippen LogP contribution >= 0.6 is 0 Å². The van der Waals surface area contributed by atoms with Crippen LogP contribution in [0.15, 0.2) is 18.6 Å². The van der Waals surface area contributed by atoms with E-state index in [9.17, 15) is 9.59 Å². The van der Waals surface area contributed by atoms with Crippen LogP contribution in [0.1, 0.15) is 50.5 Å². The quantitative estimate of drug-likeness (QED) is 0.776.